The number of nitrogens with one attached hydrogen (secondary N) is 1. The number of pyridine rings is 2. The molecule has 0 atom stereocenters. The molecule has 0 radical (unpaired) electrons. The maximum absolute atomic E-state index is 13.4. The number of carbonyl (C=O) groups excluding carboxylic acids is 1. The molecule has 1 amide bonds. The van der Waals surface area contributed by atoms with Crippen LogP contribution in [-0.4, -0.2) is 45.4 Å². The van der Waals surface area contributed by atoms with E-state index in [-0.39, 0.29) is 5.91 Å². The molecule has 1 saturated heterocycles. The van der Waals surface area contributed by atoms with Crippen LogP contribution in [0, 0.1) is 6.92 Å². The number of nitrogens with zero attached hydrogens (tertiary/aromatic N) is 3. The fraction of sp³-hybridized carbons (Fsp3) is 0.192. The van der Waals surface area contributed by atoms with Crippen LogP contribution in [0.3, 0.4) is 0 Å². The van der Waals surface area contributed by atoms with Gasteiger partial charge in [0.25, 0.3) is 5.91 Å². The molecule has 0 unspecified atom stereocenters. The van der Waals surface area contributed by atoms with Crippen LogP contribution in [0.5, 0.6) is 11.5 Å². The number of hydrogen-bond acceptors (Lipinski definition) is 6. The van der Waals surface area contributed by atoms with Gasteiger partial charge in [0.2, 0.25) is 0 Å². The Hall–Kier alpha value is -3.58. The number of para-hydroxylation sites is 1. The van der Waals surface area contributed by atoms with Crippen LogP contribution >= 0.6 is 11.8 Å². The van der Waals surface area contributed by atoms with E-state index in [9.17, 15) is 4.79 Å². The lowest BCUT2D eigenvalue weighted by atomic mass is 10.1. The van der Waals surface area contributed by atoms with Crippen LogP contribution in [0.15, 0.2) is 72.9 Å². The molecule has 7 heteroatoms. The number of aryl methyl sites for hydroxylation is 1. The molecule has 2 aromatic carbocycles. The number of carbonyl (C=O) groups is 1. The van der Waals surface area contributed by atoms with E-state index in [1.165, 1.54) is 0 Å². The Morgan fingerprint density at radius 2 is 1.70 bits per heavy atom. The van der Waals surface area contributed by atoms with Crippen molar-refractivity contribution < 1.29 is 9.53 Å². The predicted molar refractivity (Wildman–Crippen MR) is 134 cm³/mol. The van der Waals surface area contributed by atoms with E-state index in [0.717, 1.165) is 58.5 Å². The van der Waals surface area contributed by atoms with Crippen molar-refractivity contribution >= 4 is 40.1 Å². The molecule has 0 saturated carbocycles. The number of anilines is 2. The van der Waals surface area contributed by atoms with Gasteiger partial charge in [-0.1, -0.05) is 18.2 Å². The number of thioether (sulfide) groups is 1. The minimum Gasteiger partial charge on any atom is -0.457 e. The summed E-state index contributed by atoms with van der Waals surface area (Å²) in [7, 11) is 0. The Morgan fingerprint density at radius 3 is 2.45 bits per heavy atom. The Labute approximate surface area is 197 Å². The first-order valence-corrected chi connectivity index (χ1v) is 12.1. The summed E-state index contributed by atoms with van der Waals surface area (Å²) in [6, 6.07) is 21.3. The van der Waals surface area contributed by atoms with E-state index in [0.29, 0.717) is 11.2 Å². The summed E-state index contributed by atoms with van der Waals surface area (Å²) in [4.78, 5) is 24.3. The van der Waals surface area contributed by atoms with E-state index >= 15 is 0 Å². The average Bonchev–Trinajstić information content (AvgIpc) is 2.86. The third-order valence-corrected chi connectivity index (χ3v) is 6.44. The number of benzene rings is 2. The number of aromatic nitrogens is 2. The average molecular weight is 457 g/mol. The minimum atomic E-state index is -0.00296. The summed E-state index contributed by atoms with van der Waals surface area (Å²) in [5.41, 5.74) is 3.65. The molecule has 166 valence electrons. The fourth-order valence-electron chi connectivity index (χ4n) is 3.78. The van der Waals surface area contributed by atoms with E-state index in [1.807, 2.05) is 90.3 Å². The van der Waals surface area contributed by atoms with E-state index in [4.69, 9.17) is 4.74 Å². The molecule has 1 aliphatic heterocycles. The first-order chi connectivity index (χ1) is 16.2. The van der Waals surface area contributed by atoms with Gasteiger partial charge in [-0.05, 0) is 55.5 Å². The zero-order valence-electron chi connectivity index (χ0n) is 18.3. The highest BCUT2D eigenvalue weighted by Gasteiger charge is 2.23. The first kappa shape index (κ1) is 21.3. The molecule has 2 aromatic heterocycles. The second kappa shape index (κ2) is 9.50. The van der Waals surface area contributed by atoms with Crippen LogP contribution in [0.4, 0.5) is 11.4 Å². The molecule has 4 aromatic rings. The van der Waals surface area contributed by atoms with Crippen molar-refractivity contribution in [1.82, 2.24) is 14.9 Å². The normalized spacial score (nSPS) is 13.7. The van der Waals surface area contributed by atoms with Crippen LogP contribution in [0.25, 0.3) is 11.0 Å². The molecule has 0 spiro atoms. The summed E-state index contributed by atoms with van der Waals surface area (Å²) >= 11 is 1.88. The molecule has 0 aliphatic carbocycles. The van der Waals surface area contributed by atoms with Gasteiger partial charge in [0, 0.05) is 47.6 Å². The molecule has 6 nitrogen and oxygen atoms in total. The second-order valence-electron chi connectivity index (χ2n) is 7.84. The molecule has 1 fully saturated rings. The van der Waals surface area contributed by atoms with Gasteiger partial charge in [-0.3, -0.25) is 4.79 Å². The zero-order chi connectivity index (χ0) is 22.6. The largest absolute Gasteiger partial charge is 0.457 e. The van der Waals surface area contributed by atoms with Crippen LogP contribution < -0.4 is 10.1 Å². The lowest BCUT2D eigenvalue weighted by molar-refractivity contribution is 0.0773. The highest BCUT2D eigenvalue weighted by molar-refractivity contribution is 7.99. The van der Waals surface area contributed by atoms with Crippen molar-refractivity contribution in [1.29, 1.82) is 0 Å². The Bertz CT molecular complexity index is 1270. The standard InChI is InChI=1S/C26H24N4O2S/c1-18-7-12-22-24(23(17-27-25(22)28-18)26(31)30-13-15-33-16-14-30)29-19-8-10-21(11-9-19)32-20-5-3-2-4-6-20/h2-12,17H,13-16H2,1H3,(H,27,28,29). The lowest BCUT2D eigenvalue weighted by Gasteiger charge is -2.27. The highest BCUT2D eigenvalue weighted by Crippen LogP contribution is 2.31. The molecule has 0 bridgehead atoms. The van der Waals surface area contributed by atoms with Gasteiger partial charge < -0.3 is 15.0 Å². The number of fused-ring (bicyclic) bond motifs is 1. The minimum absolute atomic E-state index is 0.00296. The predicted octanol–water partition coefficient (Wildman–Crippen LogP) is 5.66. The smallest absolute Gasteiger partial charge is 0.257 e. The first-order valence-electron chi connectivity index (χ1n) is 10.9. The van der Waals surface area contributed by atoms with E-state index in [1.54, 1.807) is 6.20 Å². The molecule has 1 aliphatic rings. The molecular formula is C26H24N4O2S. The summed E-state index contributed by atoms with van der Waals surface area (Å²) in [5.74, 6) is 3.44. The summed E-state index contributed by atoms with van der Waals surface area (Å²) in [6.45, 7) is 3.43. The van der Waals surface area contributed by atoms with Crippen molar-refractivity contribution in [3.63, 3.8) is 0 Å². The van der Waals surface area contributed by atoms with Crippen LogP contribution in [0.2, 0.25) is 0 Å². The van der Waals surface area contributed by atoms with Gasteiger partial charge in [-0.2, -0.15) is 11.8 Å². The summed E-state index contributed by atoms with van der Waals surface area (Å²) < 4.78 is 5.90. The van der Waals surface area contributed by atoms with Gasteiger partial charge in [-0.25, -0.2) is 9.97 Å². The van der Waals surface area contributed by atoms with E-state index < -0.39 is 0 Å². The third-order valence-electron chi connectivity index (χ3n) is 5.50. The van der Waals surface area contributed by atoms with Crippen molar-refractivity contribution in [3.05, 3.63) is 84.2 Å². The van der Waals surface area contributed by atoms with Gasteiger partial charge in [0.05, 0.1) is 11.3 Å². The van der Waals surface area contributed by atoms with Crippen LogP contribution in [-0.2, 0) is 0 Å². The van der Waals surface area contributed by atoms with E-state index in [2.05, 4.69) is 15.3 Å². The molecule has 33 heavy (non-hydrogen) atoms. The Morgan fingerprint density at radius 1 is 0.970 bits per heavy atom. The third kappa shape index (κ3) is 4.78. The molecule has 5 rings (SSSR count). The second-order valence-corrected chi connectivity index (χ2v) is 9.06. The van der Waals surface area contributed by atoms with Crippen molar-refractivity contribution in [2.24, 2.45) is 0 Å². The van der Waals surface area contributed by atoms with Gasteiger partial charge >= 0.3 is 0 Å². The van der Waals surface area contributed by atoms with Gasteiger partial charge in [0.15, 0.2) is 5.65 Å². The molecule has 1 N–H and O–H groups in total. The summed E-state index contributed by atoms with van der Waals surface area (Å²) in [6.07, 6.45) is 1.65. The summed E-state index contributed by atoms with van der Waals surface area (Å²) in [5, 5.41) is 4.28. The number of rotatable bonds is 5. The molecular weight excluding hydrogens is 432 g/mol. The number of amides is 1. The number of ether oxygens (including phenoxy) is 1. The zero-order valence-corrected chi connectivity index (χ0v) is 19.1. The SMILES string of the molecule is Cc1ccc2c(Nc3ccc(Oc4ccccc4)cc3)c(C(=O)N3CCSCC3)cnc2n1. The topological polar surface area (TPSA) is 67.3 Å². The lowest BCUT2D eigenvalue weighted by Crippen LogP contribution is -2.38. The van der Waals surface area contributed by atoms with Crippen molar-refractivity contribution in [2.75, 3.05) is 29.9 Å². The molecule has 3 heterocycles. The highest BCUT2D eigenvalue weighted by atomic mass is 32.2. The van der Waals surface area contributed by atoms with Crippen molar-refractivity contribution in [2.45, 2.75) is 6.92 Å². The number of hydrogen-bond donors (Lipinski definition) is 1. The fourth-order valence-corrected chi connectivity index (χ4v) is 4.68. The van der Waals surface area contributed by atoms with Gasteiger partial charge in [0.1, 0.15) is 11.5 Å². The maximum atomic E-state index is 13.4. The maximum Gasteiger partial charge on any atom is 0.257 e. The quantitative estimate of drug-likeness (QED) is 0.418. The monoisotopic (exact) mass is 456 g/mol. The van der Waals surface area contributed by atoms with Crippen LogP contribution in [0.1, 0.15) is 16.1 Å². The van der Waals surface area contributed by atoms with Gasteiger partial charge in [-0.15, -0.1) is 0 Å². The Kier molecular flexibility index (Phi) is 6.13. The Balaban J connectivity index is 1.47. The van der Waals surface area contributed by atoms with Crippen molar-refractivity contribution in [3.8, 4) is 11.5 Å².